The average molecular weight is 325 g/mol. The largest absolute Gasteiger partial charge is 0.480 e. The number of halogens is 5. The van der Waals surface area contributed by atoms with Crippen LogP contribution in [0.2, 0.25) is 0 Å². The number of carboxylic acids is 1. The van der Waals surface area contributed by atoms with Crippen molar-refractivity contribution in [2.75, 3.05) is 29.9 Å². The number of aliphatic carboxylic acids is 1. The molecule has 1 aliphatic heterocycles. The normalized spacial score (nSPS) is 17.4. The summed E-state index contributed by atoms with van der Waals surface area (Å²) in [4.78, 5) is 14.3. The lowest BCUT2D eigenvalue weighted by Gasteiger charge is -2.33. The van der Waals surface area contributed by atoms with E-state index in [1.54, 1.807) is 0 Å². The summed E-state index contributed by atoms with van der Waals surface area (Å²) >= 11 is 0. The minimum Gasteiger partial charge on any atom is -0.480 e. The number of hydrogen-bond donors (Lipinski definition) is 2. The molecule has 0 saturated carbocycles. The van der Waals surface area contributed by atoms with Gasteiger partial charge in [0.2, 0.25) is 5.82 Å². The molecule has 0 bridgehead atoms. The maximum atomic E-state index is 14.2. The number of carboxylic acid groups (broad SMARTS) is 1. The Bertz CT molecular complexity index is 587. The molecule has 0 aromatic carbocycles. The Kier molecular flexibility index (Phi) is 4.38. The van der Waals surface area contributed by atoms with Crippen molar-refractivity contribution in [2.24, 2.45) is 0 Å². The van der Waals surface area contributed by atoms with E-state index in [0.717, 1.165) is 4.90 Å². The Morgan fingerprint density at radius 3 is 2.36 bits per heavy atom. The van der Waals surface area contributed by atoms with Crippen LogP contribution in [0.3, 0.4) is 0 Å². The molecule has 122 valence electrons. The molecular formula is C12H12F5N3O2. The third-order valence-corrected chi connectivity index (χ3v) is 3.23. The van der Waals surface area contributed by atoms with Gasteiger partial charge in [-0.25, -0.2) is 13.2 Å². The molecule has 5 nitrogen and oxygen atoms in total. The molecule has 0 unspecified atom stereocenters. The second-order valence-electron chi connectivity index (χ2n) is 4.82. The number of piperidine rings is 1. The zero-order valence-corrected chi connectivity index (χ0v) is 11.2. The zero-order valence-electron chi connectivity index (χ0n) is 11.2. The standard InChI is InChI=1S/C12H12F5N3O2/c13-7-9(20-3-1-12(16,17)2-4-20)8(14)11(19-10(7)15)18-5-6(21)22/h1-5H2,(H,18,19)(H,21,22). The lowest BCUT2D eigenvalue weighted by molar-refractivity contribution is -0.134. The van der Waals surface area contributed by atoms with Crippen molar-refractivity contribution in [1.29, 1.82) is 0 Å². The number of rotatable bonds is 4. The lowest BCUT2D eigenvalue weighted by Crippen LogP contribution is -2.40. The van der Waals surface area contributed by atoms with Gasteiger partial charge in [-0.05, 0) is 0 Å². The molecule has 1 saturated heterocycles. The number of pyridine rings is 1. The van der Waals surface area contributed by atoms with Crippen LogP contribution in [-0.4, -0.2) is 41.6 Å². The molecule has 0 spiro atoms. The summed E-state index contributed by atoms with van der Waals surface area (Å²) in [6, 6.07) is 0. The zero-order chi connectivity index (χ0) is 16.5. The number of hydrogen-bond acceptors (Lipinski definition) is 4. The molecule has 10 heteroatoms. The van der Waals surface area contributed by atoms with Crippen LogP contribution in [0, 0.1) is 17.6 Å². The van der Waals surface area contributed by atoms with Gasteiger partial charge < -0.3 is 15.3 Å². The summed E-state index contributed by atoms with van der Waals surface area (Å²) < 4.78 is 67.6. The minimum absolute atomic E-state index is 0.358. The number of carbonyl (C=O) groups is 1. The van der Waals surface area contributed by atoms with Gasteiger partial charge in [0.1, 0.15) is 12.2 Å². The van der Waals surface area contributed by atoms with Crippen molar-refractivity contribution < 1.29 is 31.9 Å². The fraction of sp³-hybridized carbons (Fsp3) is 0.500. The van der Waals surface area contributed by atoms with Crippen molar-refractivity contribution >= 4 is 17.5 Å². The van der Waals surface area contributed by atoms with Crippen LogP contribution in [0.4, 0.5) is 33.5 Å². The molecule has 1 aliphatic rings. The maximum absolute atomic E-state index is 14.2. The molecule has 2 N–H and O–H groups in total. The van der Waals surface area contributed by atoms with E-state index in [2.05, 4.69) is 4.98 Å². The van der Waals surface area contributed by atoms with Crippen LogP contribution in [-0.2, 0) is 4.79 Å². The summed E-state index contributed by atoms with van der Waals surface area (Å²) in [7, 11) is 0. The summed E-state index contributed by atoms with van der Waals surface area (Å²) in [5.41, 5.74) is -0.823. The van der Waals surface area contributed by atoms with Crippen LogP contribution in [0.5, 0.6) is 0 Å². The van der Waals surface area contributed by atoms with Gasteiger partial charge >= 0.3 is 5.97 Å². The summed E-state index contributed by atoms with van der Waals surface area (Å²) in [6.07, 6.45) is -1.23. The third-order valence-electron chi connectivity index (χ3n) is 3.23. The third kappa shape index (κ3) is 3.37. The Morgan fingerprint density at radius 1 is 1.23 bits per heavy atom. The monoisotopic (exact) mass is 325 g/mol. The van der Waals surface area contributed by atoms with Crippen LogP contribution in [0.1, 0.15) is 12.8 Å². The fourth-order valence-corrected chi connectivity index (χ4v) is 2.11. The smallest absolute Gasteiger partial charge is 0.322 e. The number of nitrogens with zero attached hydrogens (tertiary/aromatic N) is 2. The van der Waals surface area contributed by atoms with Crippen molar-refractivity contribution in [3.63, 3.8) is 0 Å². The predicted octanol–water partition coefficient (Wildman–Crippen LogP) is 2.23. The molecule has 1 aromatic rings. The number of aromatic nitrogens is 1. The second kappa shape index (κ2) is 5.93. The molecule has 0 aliphatic carbocycles. The van der Waals surface area contributed by atoms with Crippen LogP contribution in [0.25, 0.3) is 0 Å². The first kappa shape index (κ1) is 16.2. The molecule has 1 aromatic heterocycles. The van der Waals surface area contributed by atoms with E-state index in [1.807, 2.05) is 5.32 Å². The van der Waals surface area contributed by atoms with Gasteiger partial charge in [0, 0.05) is 25.9 Å². The first-order chi connectivity index (χ1) is 10.2. The van der Waals surface area contributed by atoms with Gasteiger partial charge in [-0.3, -0.25) is 4.79 Å². The first-order valence-electron chi connectivity index (χ1n) is 6.34. The fourth-order valence-electron chi connectivity index (χ4n) is 2.11. The SMILES string of the molecule is O=C(O)CNc1nc(F)c(F)c(N2CCC(F)(F)CC2)c1F. The van der Waals surface area contributed by atoms with Gasteiger partial charge in [-0.15, -0.1) is 0 Å². The number of alkyl halides is 2. The highest BCUT2D eigenvalue weighted by Gasteiger charge is 2.36. The topological polar surface area (TPSA) is 65.5 Å². The van der Waals surface area contributed by atoms with Crippen molar-refractivity contribution in [3.05, 3.63) is 17.6 Å². The van der Waals surface area contributed by atoms with Crippen LogP contribution in [0.15, 0.2) is 0 Å². The van der Waals surface area contributed by atoms with E-state index in [1.165, 1.54) is 0 Å². The summed E-state index contributed by atoms with van der Waals surface area (Å²) in [5, 5.41) is 10.5. The van der Waals surface area contributed by atoms with Crippen molar-refractivity contribution in [2.45, 2.75) is 18.8 Å². The molecule has 2 rings (SSSR count). The Hall–Kier alpha value is -2.13. The van der Waals surface area contributed by atoms with Gasteiger partial charge in [0.25, 0.3) is 11.9 Å². The maximum Gasteiger partial charge on any atom is 0.322 e. The lowest BCUT2D eigenvalue weighted by atomic mass is 10.1. The highest BCUT2D eigenvalue weighted by Crippen LogP contribution is 2.35. The molecule has 2 heterocycles. The van der Waals surface area contributed by atoms with Crippen LogP contribution >= 0.6 is 0 Å². The first-order valence-corrected chi connectivity index (χ1v) is 6.34. The summed E-state index contributed by atoms with van der Waals surface area (Å²) in [6.45, 7) is -1.47. The van der Waals surface area contributed by atoms with E-state index in [-0.39, 0.29) is 13.1 Å². The highest BCUT2D eigenvalue weighted by atomic mass is 19.3. The second-order valence-corrected chi connectivity index (χ2v) is 4.82. The Morgan fingerprint density at radius 2 is 1.82 bits per heavy atom. The molecule has 0 amide bonds. The van der Waals surface area contributed by atoms with E-state index in [9.17, 15) is 26.7 Å². The summed E-state index contributed by atoms with van der Waals surface area (Å²) in [5.74, 6) is -9.62. The molecule has 22 heavy (non-hydrogen) atoms. The van der Waals surface area contributed by atoms with Gasteiger partial charge in [0.05, 0.1) is 0 Å². The quantitative estimate of drug-likeness (QED) is 0.656. The van der Waals surface area contributed by atoms with Crippen LogP contribution < -0.4 is 10.2 Å². The number of nitrogens with one attached hydrogen (secondary N) is 1. The van der Waals surface area contributed by atoms with Gasteiger partial charge in [-0.1, -0.05) is 0 Å². The van der Waals surface area contributed by atoms with E-state index < -0.39 is 60.4 Å². The predicted molar refractivity (Wildman–Crippen MR) is 66.6 cm³/mol. The molecule has 1 fully saturated rings. The van der Waals surface area contributed by atoms with E-state index in [4.69, 9.17) is 5.11 Å². The Balaban J connectivity index is 2.32. The van der Waals surface area contributed by atoms with E-state index >= 15 is 0 Å². The van der Waals surface area contributed by atoms with Gasteiger partial charge in [-0.2, -0.15) is 13.8 Å². The van der Waals surface area contributed by atoms with Crippen molar-refractivity contribution in [1.82, 2.24) is 4.98 Å². The van der Waals surface area contributed by atoms with E-state index in [0.29, 0.717) is 0 Å². The Labute approximate surface area is 121 Å². The number of anilines is 2. The van der Waals surface area contributed by atoms with Gasteiger partial charge in [0.15, 0.2) is 11.6 Å². The van der Waals surface area contributed by atoms with Crippen molar-refractivity contribution in [3.8, 4) is 0 Å². The average Bonchev–Trinajstić information content (AvgIpc) is 2.43. The minimum atomic E-state index is -2.93. The molecular weight excluding hydrogens is 313 g/mol. The highest BCUT2D eigenvalue weighted by molar-refractivity contribution is 5.73. The molecule has 0 radical (unpaired) electrons. The molecule has 0 atom stereocenters.